The standard InChI is InChI=1S/C26H25N3O3S/c1-17-13-21(18(2)29(17)22-10-9-19-7-3-4-8-20(19)14-22)15-23-25(31)28(26(32)33-23)16-24(30)27-11-5-6-12-27/h3-4,7-10,13-15H,5-6,11-12,16H2,1-2H3/b23-15+. The molecule has 0 spiro atoms. The topological polar surface area (TPSA) is 62.6 Å². The van der Waals surface area contributed by atoms with Gasteiger partial charge in [0, 0.05) is 30.2 Å². The van der Waals surface area contributed by atoms with Gasteiger partial charge < -0.3 is 9.47 Å². The van der Waals surface area contributed by atoms with E-state index in [-0.39, 0.29) is 17.7 Å². The largest absolute Gasteiger partial charge is 0.341 e. The van der Waals surface area contributed by atoms with E-state index in [1.807, 2.05) is 32.0 Å². The molecule has 3 amide bonds. The van der Waals surface area contributed by atoms with E-state index in [0.717, 1.165) is 57.5 Å². The molecule has 0 saturated carbocycles. The number of fused-ring (bicyclic) bond motifs is 1. The van der Waals surface area contributed by atoms with Crippen molar-refractivity contribution in [3.05, 3.63) is 70.4 Å². The third-order valence-electron chi connectivity index (χ3n) is 6.37. The van der Waals surface area contributed by atoms with Gasteiger partial charge >= 0.3 is 0 Å². The maximum Gasteiger partial charge on any atom is 0.294 e. The summed E-state index contributed by atoms with van der Waals surface area (Å²) in [7, 11) is 0. The minimum Gasteiger partial charge on any atom is -0.341 e. The van der Waals surface area contributed by atoms with Crippen LogP contribution in [-0.2, 0) is 9.59 Å². The Morgan fingerprint density at radius 2 is 1.73 bits per heavy atom. The van der Waals surface area contributed by atoms with Crippen LogP contribution in [0.25, 0.3) is 22.5 Å². The van der Waals surface area contributed by atoms with Crippen molar-refractivity contribution >= 4 is 45.7 Å². The second-order valence-electron chi connectivity index (χ2n) is 8.55. The fourth-order valence-electron chi connectivity index (χ4n) is 4.63. The Hall–Kier alpha value is -3.32. The Balaban J connectivity index is 1.42. The fourth-order valence-corrected chi connectivity index (χ4v) is 5.46. The maximum atomic E-state index is 12.9. The maximum absolute atomic E-state index is 12.9. The van der Waals surface area contributed by atoms with Crippen LogP contribution in [0.5, 0.6) is 0 Å². The van der Waals surface area contributed by atoms with Crippen LogP contribution in [0.3, 0.4) is 0 Å². The zero-order valence-electron chi connectivity index (χ0n) is 18.7. The zero-order chi connectivity index (χ0) is 23.1. The number of hydrogen-bond donors (Lipinski definition) is 0. The molecular formula is C26H25N3O3S. The van der Waals surface area contributed by atoms with Gasteiger partial charge in [-0.2, -0.15) is 0 Å². The van der Waals surface area contributed by atoms with E-state index >= 15 is 0 Å². The second kappa shape index (κ2) is 8.56. The molecule has 0 bridgehead atoms. The monoisotopic (exact) mass is 459 g/mol. The molecule has 0 atom stereocenters. The number of amides is 3. The lowest BCUT2D eigenvalue weighted by molar-refractivity contribution is -0.135. The number of carbonyl (C=O) groups is 3. The van der Waals surface area contributed by atoms with E-state index in [1.165, 1.54) is 5.39 Å². The molecule has 3 heterocycles. The molecule has 0 N–H and O–H groups in total. The fraction of sp³-hybridized carbons (Fsp3) is 0.269. The Kier molecular flexibility index (Phi) is 5.58. The normalized spacial score (nSPS) is 17.7. The van der Waals surface area contributed by atoms with Crippen LogP contribution in [0.15, 0.2) is 53.4 Å². The van der Waals surface area contributed by atoms with Crippen molar-refractivity contribution in [3.63, 3.8) is 0 Å². The average Bonchev–Trinajstić information content (AvgIpc) is 3.50. The molecule has 168 valence electrons. The number of nitrogens with zero attached hydrogens (tertiary/aromatic N) is 3. The second-order valence-corrected chi connectivity index (χ2v) is 9.54. The van der Waals surface area contributed by atoms with Gasteiger partial charge in [0.15, 0.2) is 0 Å². The third-order valence-corrected chi connectivity index (χ3v) is 7.28. The van der Waals surface area contributed by atoms with E-state index in [2.05, 4.69) is 34.9 Å². The van der Waals surface area contributed by atoms with Gasteiger partial charge in [0.2, 0.25) is 5.91 Å². The van der Waals surface area contributed by atoms with Gasteiger partial charge in [-0.25, -0.2) is 0 Å². The molecule has 2 aliphatic heterocycles. The smallest absolute Gasteiger partial charge is 0.294 e. The number of likely N-dealkylation sites (tertiary alicyclic amines) is 1. The van der Waals surface area contributed by atoms with E-state index in [0.29, 0.717) is 18.0 Å². The predicted molar refractivity (Wildman–Crippen MR) is 131 cm³/mol. The molecule has 2 aliphatic rings. The number of carbonyl (C=O) groups excluding carboxylic acids is 3. The van der Waals surface area contributed by atoms with Crippen LogP contribution in [0.4, 0.5) is 4.79 Å². The number of rotatable bonds is 4. The first kappa shape index (κ1) is 21.5. The SMILES string of the molecule is Cc1cc(/C=C2/SC(=O)N(CC(=O)N3CCCC3)C2=O)c(C)n1-c1ccc2ccccc2c1. The van der Waals surface area contributed by atoms with E-state index < -0.39 is 5.91 Å². The van der Waals surface area contributed by atoms with Gasteiger partial charge in [0.05, 0.1) is 4.91 Å². The summed E-state index contributed by atoms with van der Waals surface area (Å²) >= 11 is 0.901. The summed E-state index contributed by atoms with van der Waals surface area (Å²) < 4.78 is 2.15. The highest BCUT2D eigenvalue weighted by Gasteiger charge is 2.37. The van der Waals surface area contributed by atoms with Crippen LogP contribution in [-0.4, -0.2) is 51.1 Å². The molecule has 0 aliphatic carbocycles. The number of benzene rings is 2. The number of aryl methyl sites for hydroxylation is 1. The lowest BCUT2D eigenvalue weighted by Gasteiger charge is -2.18. The van der Waals surface area contributed by atoms with Crippen molar-refractivity contribution in [1.82, 2.24) is 14.4 Å². The number of thioether (sulfide) groups is 1. The molecule has 7 heteroatoms. The minimum absolute atomic E-state index is 0.162. The van der Waals surface area contributed by atoms with Gasteiger partial charge in [-0.3, -0.25) is 19.3 Å². The van der Waals surface area contributed by atoms with Gasteiger partial charge in [-0.1, -0.05) is 30.3 Å². The number of imide groups is 1. The Labute approximate surface area is 196 Å². The molecule has 2 saturated heterocycles. The predicted octanol–water partition coefficient (Wildman–Crippen LogP) is 4.91. The highest BCUT2D eigenvalue weighted by molar-refractivity contribution is 8.18. The Morgan fingerprint density at radius 3 is 2.48 bits per heavy atom. The zero-order valence-corrected chi connectivity index (χ0v) is 19.5. The van der Waals surface area contributed by atoms with Crippen LogP contribution in [0.2, 0.25) is 0 Å². The Morgan fingerprint density at radius 1 is 1.00 bits per heavy atom. The lowest BCUT2D eigenvalue weighted by atomic mass is 10.1. The molecule has 3 aromatic rings. The van der Waals surface area contributed by atoms with E-state index in [4.69, 9.17) is 0 Å². The van der Waals surface area contributed by atoms with Gasteiger partial charge in [0.1, 0.15) is 6.54 Å². The summed E-state index contributed by atoms with van der Waals surface area (Å²) in [5.41, 5.74) is 3.96. The van der Waals surface area contributed by atoms with Crippen molar-refractivity contribution < 1.29 is 14.4 Å². The molecule has 5 rings (SSSR count). The van der Waals surface area contributed by atoms with Crippen molar-refractivity contribution in [1.29, 1.82) is 0 Å². The van der Waals surface area contributed by atoms with E-state index in [9.17, 15) is 14.4 Å². The first-order chi connectivity index (χ1) is 15.9. The van der Waals surface area contributed by atoms with Crippen LogP contribution < -0.4 is 0 Å². The summed E-state index contributed by atoms with van der Waals surface area (Å²) in [6.45, 7) is 5.25. The molecule has 0 unspecified atom stereocenters. The summed E-state index contributed by atoms with van der Waals surface area (Å²) in [6.07, 6.45) is 3.71. The van der Waals surface area contributed by atoms with Gasteiger partial charge in [0.25, 0.3) is 11.1 Å². The summed E-state index contributed by atoms with van der Waals surface area (Å²) in [6, 6.07) is 16.6. The van der Waals surface area contributed by atoms with Crippen LogP contribution in [0, 0.1) is 13.8 Å². The van der Waals surface area contributed by atoms with Crippen molar-refractivity contribution in [3.8, 4) is 5.69 Å². The summed E-state index contributed by atoms with van der Waals surface area (Å²) in [4.78, 5) is 41.0. The van der Waals surface area contributed by atoms with Crippen LogP contribution in [0.1, 0.15) is 29.8 Å². The first-order valence-corrected chi connectivity index (χ1v) is 12.0. The molecule has 2 aromatic carbocycles. The molecular weight excluding hydrogens is 434 g/mol. The van der Waals surface area contributed by atoms with Gasteiger partial charge in [-0.05, 0) is 79.1 Å². The number of aromatic nitrogens is 1. The number of hydrogen-bond acceptors (Lipinski definition) is 4. The summed E-state index contributed by atoms with van der Waals surface area (Å²) in [5, 5.41) is 1.95. The summed E-state index contributed by atoms with van der Waals surface area (Å²) in [5.74, 6) is -0.557. The molecule has 6 nitrogen and oxygen atoms in total. The van der Waals surface area contributed by atoms with Gasteiger partial charge in [-0.15, -0.1) is 0 Å². The third kappa shape index (κ3) is 3.97. The van der Waals surface area contributed by atoms with E-state index in [1.54, 1.807) is 11.0 Å². The van der Waals surface area contributed by atoms with Crippen molar-refractivity contribution in [2.75, 3.05) is 19.6 Å². The average molecular weight is 460 g/mol. The molecule has 33 heavy (non-hydrogen) atoms. The van der Waals surface area contributed by atoms with Crippen molar-refractivity contribution in [2.24, 2.45) is 0 Å². The highest BCUT2D eigenvalue weighted by atomic mass is 32.2. The minimum atomic E-state index is -0.395. The molecule has 0 radical (unpaired) electrons. The molecule has 1 aromatic heterocycles. The quantitative estimate of drug-likeness (QED) is 0.521. The van der Waals surface area contributed by atoms with Crippen LogP contribution >= 0.6 is 11.8 Å². The van der Waals surface area contributed by atoms with Crippen molar-refractivity contribution in [2.45, 2.75) is 26.7 Å². The highest BCUT2D eigenvalue weighted by Crippen LogP contribution is 2.34. The Bertz CT molecular complexity index is 1320. The molecule has 2 fully saturated rings. The first-order valence-electron chi connectivity index (χ1n) is 11.1. The lowest BCUT2D eigenvalue weighted by Crippen LogP contribution is -2.40.